The summed E-state index contributed by atoms with van der Waals surface area (Å²) in [5.41, 5.74) is 2.55. The summed E-state index contributed by atoms with van der Waals surface area (Å²) in [6.45, 7) is 2.86. The average molecular weight is 339 g/mol. The van der Waals surface area contributed by atoms with Crippen molar-refractivity contribution in [1.29, 1.82) is 0 Å². The normalized spacial score (nSPS) is 19.1. The first-order chi connectivity index (χ1) is 12.1. The third kappa shape index (κ3) is 4.60. The van der Waals surface area contributed by atoms with Crippen molar-refractivity contribution in [2.45, 2.75) is 38.2 Å². The molecule has 1 atom stereocenters. The number of carbonyl (C=O) groups is 1. The van der Waals surface area contributed by atoms with E-state index < -0.39 is 5.60 Å². The molecule has 0 radical (unpaired) electrons. The molecule has 1 aliphatic carbocycles. The van der Waals surface area contributed by atoms with Crippen molar-refractivity contribution in [2.24, 2.45) is 0 Å². The molecule has 0 aromatic heterocycles. The average Bonchev–Trinajstić information content (AvgIpc) is 2.62. The van der Waals surface area contributed by atoms with Crippen molar-refractivity contribution in [3.05, 3.63) is 65.2 Å². The van der Waals surface area contributed by atoms with E-state index in [0.29, 0.717) is 25.9 Å². The van der Waals surface area contributed by atoms with E-state index in [-0.39, 0.29) is 12.5 Å². The van der Waals surface area contributed by atoms with Gasteiger partial charge >= 0.3 is 0 Å². The summed E-state index contributed by atoms with van der Waals surface area (Å²) in [4.78, 5) is 12.2. The number of hydrogen-bond acceptors (Lipinski definition) is 3. The topological polar surface area (TPSA) is 58.6 Å². The smallest absolute Gasteiger partial charge is 0.224 e. The Morgan fingerprint density at radius 2 is 1.88 bits per heavy atom. The van der Waals surface area contributed by atoms with Gasteiger partial charge in [-0.2, -0.15) is 0 Å². The molecular weight excluding hydrogens is 314 g/mol. The Balaban J connectivity index is 1.52. The fraction of sp³-hybridized carbons (Fsp3) is 0.381. The van der Waals surface area contributed by atoms with Crippen LogP contribution in [0.15, 0.2) is 48.5 Å². The molecule has 2 aromatic rings. The van der Waals surface area contributed by atoms with Crippen LogP contribution in [0.3, 0.4) is 0 Å². The van der Waals surface area contributed by atoms with E-state index in [9.17, 15) is 9.90 Å². The van der Waals surface area contributed by atoms with Crippen LogP contribution in [-0.2, 0) is 24.1 Å². The van der Waals surface area contributed by atoms with Crippen molar-refractivity contribution in [3.8, 4) is 5.75 Å². The minimum absolute atomic E-state index is 0.0727. The van der Waals surface area contributed by atoms with Crippen molar-refractivity contribution in [3.63, 3.8) is 0 Å². The Kier molecular flexibility index (Phi) is 5.39. The number of aliphatic hydroxyl groups is 1. The Hall–Kier alpha value is -2.33. The second kappa shape index (κ2) is 7.70. The molecule has 0 saturated carbocycles. The molecule has 0 heterocycles. The van der Waals surface area contributed by atoms with Gasteiger partial charge in [0, 0.05) is 13.0 Å². The van der Waals surface area contributed by atoms with Crippen molar-refractivity contribution in [1.82, 2.24) is 5.32 Å². The third-order valence-corrected chi connectivity index (χ3v) is 4.71. The molecular formula is C21H25NO3. The first-order valence-corrected chi connectivity index (χ1v) is 8.85. The number of nitrogens with one attached hydrogen (secondary N) is 1. The number of carbonyl (C=O) groups excluding carboxylic acids is 1. The van der Waals surface area contributed by atoms with E-state index in [1.165, 1.54) is 11.1 Å². The van der Waals surface area contributed by atoms with Crippen molar-refractivity contribution in [2.75, 3.05) is 13.2 Å². The molecule has 132 valence electrons. The molecule has 0 fully saturated rings. The molecule has 1 amide bonds. The van der Waals surface area contributed by atoms with E-state index >= 15 is 0 Å². The lowest BCUT2D eigenvalue weighted by molar-refractivity contribution is -0.121. The van der Waals surface area contributed by atoms with Gasteiger partial charge in [0.2, 0.25) is 5.91 Å². The molecule has 0 spiro atoms. The number of benzene rings is 2. The second-order valence-corrected chi connectivity index (χ2v) is 6.70. The van der Waals surface area contributed by atoms with Gasteiger partial charge in [0.05, 0.1) is 18.6 Å². The highest BCUT2D eigenvalue weighted by Gasteiger charge is 2.32. The zero-order chi connectivity index (χ0) is 17.7. The molecule has 0 aliphatic heterocycles. The molecule has 25 heavy (non-hydrogen) atoms. The predicted molar refractivity (Wildman–Crippen MR) is 97.7 cm³/mol. The maximum absolute atomic E-state index is 12.2. The van der Waals surface area contributed by atoms with Gasteiger partial charge in [0.25, 0.3) is 0 Å². The van der Waals surface area contributed by atoms with Gasteiger partial charge in [0.1, 0.15) is 5.75 Å². The number of ether oxygens (including phenoxy) is 1. The lowest BCUT2D eigenvalue weighted by atomic mass is 9.80. The summed E-state index contributed by atoms with van der Waals surface area (Å²) in [5, 5.41) is 13.7. The van der Waals surface area contributed by atoms with Crippen LogP contribution in [-0.4, -0.2) is 29.8 Å². The van der Waals surface area contributed by atoms with Crippen LogP contribution in [0.1, 0.15) is 30.0 Å². The molecule has 3 rings (SSSR count). The summed E-state index contributed by atoms with van der Waals surface area (Å²) in [6.07, 6.45) is 2.42. The molecule has 1 aliphatic rings. The monoisotopic (exact) mass is 339 g/mol. The summed E-state index contributed by atoms with van der Waals surface area (Å²) < 4.78 is 5.40. The summed E-state index contributed by atoms with van der Waals surface area (Å²) in [6, 6.07) is 15.7. The Morgan fingerprint density at radius 1 is 1.16 bits per heavy atom. The standard InChI is InChI=1S/C21H25NO3/c1-2-25-19-9-7-16(8-10-19)13-20(23)22-15-21(24)12-11-17-5-3-4-6-18(17)14-21/h3-10,24H,2,11-15H2,1H3,(H,22,23)/t21-/m1/s1. The lowest BCUT2D eigenvalue weighted by Gasteiger charge is -2.33. The fourth-order valence-corrected chi connectivity index (χ4v) is 3.32. The molecule has 0 saturated heterocycles. The van der Waals surface area contributed by atoms with Crippen molar-refractivity contribution < 1.29 is 14.6 Å². The minimum Gasteiger partial charge on any atom is -0.494 e. The SMILES string of the molecule is CCOc1ccc(CC(=O)NC[C@@]2(O)CCc3ccccc3C2)cc1. The molecule has 4 heteroatoms. The van der Waals surface area contributed by atoms with Crippen LogP contribution in [0.25, 0.3) is 0 Å². The lowest BCUT2D eigenvalue weighted by Crippen LogP contribution is -2.47. The highest BCUT2D eigenvalue weighted by molar-refractivity contribution is 5.78. The van der Waals surface area contributed by atoms with Crippen molar-refractivity contribution >= 4 is 5.91 Å². The Labute approximate surface area is 148 Å². The van der Waals surface area contributed by atoms with Gasteiger partial charge in [-0.15, -0.1) is 0 Å². The summed E-state index contributed by atoms with van der Waals surface area (Å²) >= 11 is 0. The molecule has 2 N–H and O–H groups in total. The molecule has 0 bridgehead atoms. The van der Waals surface area contributed by atoms with Crippen LogP contribution in [0.4, 0.5) is 0 Å². The van der Waals surface area contributed by atoms with Gasteiger partial charge in [-0.3, -0.25) is 4.79 Å². The van der Waals surface area contributed by atoms with E-state index in [1.54, 1.807) is 0 Å². The van der Waals surface area contributed by atoms with Gasteiger partial charge in [-0.1, -0.05) is 36.4 Å². The van der Waals surface area contributed by atoms with E-state index in [1.807, 2.05) is 43.3 Å². The number of amides is 1. The Morgan fingerprint density at radius 3 is 2.60 bits per heavy atom. The summed E-state index contributed by atoms with van der Waals surface area (Å²) in [7, 11) is 0. The highest BCUT2D eigenvalue weighted by atomic mass is 16.5. The van der Waals surface area contributed by atoms with Gasteiger partial charge < -0.3 is 15.2 Å². The molecule has 2 aromatic carbocycles. The zero-order valence-corrected chi connectivity index (χ0v) is 14.6. The van der Waals surface area contributed by atoms with Gasteiger partial charge in [0.15, 0.2) is 0 Å². The molecule has 4 nitrogen and oxygen atoms in total. The Bertz CT molecular complexity index is 726. The first-order valence-electron chi connectivity index (χ1n) is 8.85. The second-order valence-electron chi connectivity index (χ2n) is 6.70. The van der Waals surface area contributed by atoms with Crippen LogP contribution in [0, 0.1) is 0 Å². The number of hydrogen-bond donors (Lipinski definition) is 2. The zero-order valence-electron chi connectivity index (χ0n) is 14.6. The predicted octanol–water partition coefficient (Wildman–Crippen LogP) is 2.66. The number of fused-ring (bicyclic) bond motifs is 1. The van der Waals surface area contributed by atoms with E-state index in [2.05, 4.69) is 17.4 Å². The fourth-order valence-electron chi connectivity index (χ4n) is 3.32. The molecule has 0 unspecified atom stereocenters. The van der Waals surface area contributed by atoms with Crippen LogP contribution < -0.4 is 10.1 Å². The quantitative estimate of drug-likeness (QED) is 0.851. The summed E-state index contributed by atoms with van der Waals surface area (Å²) in [5.74, 6) is 0.735. The van der Waals surface area contributed by atoms with Crippen LogP contribution in [0.5, 0.6) is 5.75 Å². The van der Waals surface area contributed by atoms with Gasteiger partial charge in [-0.05, 0) is 48.6 Å². The largest absolute Gasteiger partial charge is 0.494 e. The van der Waals surface area contributed by atoms with Crippen LogP contribution in [0.2, 0.25) is 0 Å². The van der Waals surface area contributed by atoms with Gasteiger partial charge in [-0.25, -0.2) is 0 Å². The third-order valence-electron chi connectivity index (χ3n) is 4.71. The minimum atomic E-state index is -0.858. The maximum atomic E-state index is 12.2. The number of rotatable bonds is 6. The van der Waals surface area contributed by atoms with E-state index in [4.69, 9.17) is 4.74 Å². The maximum Gasteiger partial charge on any atom is 0.224 e. The first kappa shape index (κ1) is 17.5. The number of aryl methyl sites for hydroxylation is 1. The van der Waals surface area contributed by atoms with Crippen LogP contribution >= 0.6 is 0 Å². The highest BCUT2D eigenvalue weighted by Crippen LogP contribution is 2.28. The van der Waals surface area contributed by atoms with E-state index in [0.717, 1.165) is 17.7 Å².